The van der Waals surface area contributed by atoms with Gasteiger partial charge in [-0.1, -0.05) is 11.6 Å². The Labute approximate surface area is 97.0 Å². The number of H-pyrrole nitrogens is 1. The third-order valence-electron chi connectivity index (χ3n) is 1.92. The summed E-state index contributed by atoms with van der Waals surface area (Å²) in [5, 5.41) is 10.4. The maximum atomic E-state index is 11.0. The quantitative estimate of drug-likeness (QED) is 0.687. The van der Waals surface area contributed by atoms with Crippen LogP contribution in [0.3, 0.4) is 0 Å². The lowest BCUT2D eigenvalue weighted by Crippen LogP contribution is -2.12. The maximum absolute atomic E-state index is 11.0. The molecule has 15 heavy (non-hydrogen) atoms. The molecular formula is C8H5BrClN3O2. The molecule has 0 saturated carbocycles. The Morgan fingerprint density at radius 2 is 2.27 bits per heavy atom. The zero-order valence-electron chi connectivity index (χ0n) is 7.21. The van der Waals surface area contributed by atoms with E-state index in [-0.39, 0.29) is 17.1 Å². The normalized spacial score (nSPS) is 10.8. The van der Waals surface area contributed by atoms with Crippen molar-refractivity contribution in [3.05, 3.63) is 26.0 Å². The fraction of sp³-hybridized carbons (Fsp3) is 0. The summed E-state index contributed by atoms with van der Waals surface area (Å²) in [6, 6.07) is 1.51. The molecule has 2 aromatic rings. The van der Waals surface area contributed by atoms with Crippen LogP contribution in [0.2, 0.25) is 5.02 Å². The zero-order valence-corrected chi connectivity index (χ0v) is 9.56. The molecule has 0 amide bonds. The Morgan fingerprint density at radius 1 is 1.60 bits per heavy atom. The number of rotatable bonds is 0. The molecule has 0 radical (unpaired) electrons. The van der Waals surface area contributed by atoms with Crippen LogP contribution < -0.4 is 11.4 Å². The molecule has 2 rings (SSSR count). The number of hydrogen-bond donors (Lipinski definition) is 3. The van der Waals surface area contributed by atoms with Crippen molar-refractivity contribution in [2.45, 2.75) is 0 Å². The second-order valence-electron chi connectivity index (χ2n) is 2.87. The molecule has 0 atom stereocenters. The van der Waals surface area contributed by atoms with Crippen molar-refractivity contribution in [1.29, 1.82) is 0 Å². The summed E-state index contributed by atoms with van der Waals surface area (Å²) >= 11 is 8.91. The molecule has 0 fully saturated rings. The fourth-order valence-corrected chi connectivity index (χ4v) is 1.76. The van der Waals surface area contributed by atoms with Gasteiger partial charge in [-0.2, -0.15) is 4.98 Å². The highest BCUT2D eigenvalue weighted by Crippen LogP contribution is 2.38. The highest BCUT2D eigenvalue weighted by atomic mass is 79.9. The molecule has 0 aliphatic rings. The van der Waals surface area contributed by atoms with E-state index in [2.05, 4.69) is 25.9 Å². The number of fused-ring (bicyclic) bond motifs is 1. The molecule has 0 unspecified atom stereocenters. The first-order valence-corrected chi connectivity index (χ1v) is 5.04. The van der Waals surface area contributed by atoms with Crippen LogP contribution in [-0.4, -0.2) is 15.1 Å². The lowest BCUT2D eigenvalue weighted by atomic mass is 10.2. The predicted molar refractivity (Wildman–Crippen MR) is 61.2 cm³/mol. The van der Waals surface area contributed by atoms with Gasteiger partial charge in [0.15, 0.2) is 5.75 Å². The van der Waals surface area contributed by atoms with Crippen LogP contribution in [0.5, 0.6) is 5.75 Å². The van der Waals surface area contributed by atoms with Gasteiger partial charge in [-0.3, -0.25) is 0 Å². The van der Waals surface area contributed by atoms with Crippen LogP contribution in [0, 0.1) is 0 Å². The lowest BCUT2D eigenvalue weighted by Gasteiger charge is -2.06. The van der Waals surface area contributed by atoms with E-state index in [0.29, 0.717) is 14.9 Å². The fourth-order valence-electron chi connectivity index (χ4n) is 1.25. The minimum atomic E-state index is -0.621. The van der Waals surface area contributed by atoms with Crippen molar-refractivity contribution in [1.82, 2.24) is 9.97 Å². The van der Waals surface area contributed by atoms with Gasteiger partial charge < -0.3 is 15.8 Å². The summed E-state index contributed by atoms with van der Waals surface area (Å²) in [6.07, 6.45) is 0. The molecule has 78 valence electrons. The van der Waals surface area contributed by atoms with Crippen LogP contribution in [0.1, 0.15) is 0 Å². The van der Waals surface area contributed by atoms with Crippen molar-refractivity contribution >= 4 is 44.3 Å². The van der Waals surface area contributed by atoms with Gasteiger partial charge in [-0.05, 0) is 22.0 Å². The van der Waals surface area contributed by atoms with Gasteiger partial charge in [0.25, 0.3) is 0 Å². The zero-order chi connectivity index (χ0) is 11.2. The van der Waals surface area contributed by atoms with E-state index >= 15 is 0 Å². The number of phenols is 1. The molecule has 1 aromatic carbocycles. The molecule has 0 aliphatic heterocycles. The molecule has 0 bridgehead atoms. The Bertz CT molecular complexity index is 611. The Kier molecular flexibility index (Phi) is 2.32. The van der Waals surface area contributed by atoms with Crippen LogP contribution in [0.25, 0.3) is 10.9 Å². The maximum Gasteiger partial charge on any atom is 0.347 e. The summed E-state index contributed by atoms with van der Waals surface area (Å²) in [6.45, 7) is 0. The van der Waals surface area contributed by atoms with Gasteiger partial charge in [0.1, 0.15) is 5.82 Å². The SMILES string of the molecule is Nc1nc(=O)[nH]c2c(O)c(Br)c(Cl)cc12. The topological polar surface area (TPSA) is 92.0 Å². The van der Waals surface area contributed by atoms with E-state index in [4.69, 9.17) is 17.3 Å². The summed E-state index contributed by atoms with van der Waals surface area (Å²) in [7, 11) is 0. The summed E-state index contributed by atoms with van der Waals surface area (Å²) in [5.74, 6) is -0.137. The minimum absolute atomic E-state index is 0.0263. The van der Waals surface area contributed by atoms with Crippen molar-refractivity contribution in [3.63, 3.8) is 0 Å². The second kappa shape index (κ2) is 3.39. The van der Waals surface area contributed by atoms with Crippen LogP contribution in [0.4, 0.5) is 5.82 Å². The van der Waals surface area contributed by atoms with Gasteiger partial charge in [0.05, 0.1) is 15.0 Å². The molecule has 0 saturated heterocycles. The highest BCUT2D eigenvalue weighted by Gasteiger charge is 2.12. The monoisotopic (exact) mass is 289 g/mol. The third-order valence-corrected chi connectivity index (χ3v) is 3.25. The third kappa shape index (κ3) is 1.55. The number of aromatic hydroxyl groups is 1. The van der Waals surface area contributed by atoms with E-state index in [9.17, 15) is 9.90 Å². The Hall–Kier alpha value is -1.27. The number of phenolic OH excluding ortho intramolecular Hbond substituents is 1. The number of nitrogens with zero attached hydrogens (tertiary/aromatic N) is 1. The number of anilines is 1. The predicted octanol–water partition coefficient (Wildman–Crippen LogP) is 1.63. The number of nitrogens with one attached hydrogen (secondary N) is 1. The second-order valence-corrected chi connectivity index (χ2v) is 4.07. The van der Waals surface area contributed by atoms with Gasteiger partial charge in [0.2, 0.25) is 0 Å². The molecule has 7 heteroatoms. The van der Waals surface area contributed by atoms with Crippen molar-refractivity contribution in [2.75, 3.05) is 5.73 Å². The van der Waals surface area contributed by atoms with Crippen LogP contribution >= 0.6 is 27.5 Å². The molecule has 0 spiro atoms. The number of nitrogens with two attached hydrogens (primary N) is 1. The van der Waals surface area contributed by atoms with E-state index in [1.165, 1.54) is 6.07 Å². The highest BCUT2D eigenvalue weighted by molar-refractivity contribution is 9.10. The molecule has 1 aromatic heterocycles. The van der Waals surface area contributed by atoms with Gasteiger partial charge in [-0.15, -0.1) is 0 Å². The van der Waals surface area contributed by atoms with E-state index in [1.54, 1.807) is 0 Å². The average molecular weight is 291 g/mol. The molecule has 0 aliphatic carbocycles. The van der Waals surface area contributed by atoms with Crippen LogP contribution in [-0.2, 0) is 0 Å². The van der Waals surface area contributed by atoms with E-state index < -0.39 is 5.69 Å². The number of aromatic amines is 1. The van der Waals surface area contributed by atoms with Gasteiger partial charge >= 0.3 is 5.69 Å². The first kappa shape index (κ1) is 10.3. The summed E-state index contributed by atoms with van der Waals surface area (Å²) in [4.78, 5) is 16.9. The molecular weight excluding hydrogens is 285 g/mol. The number of nitrogen functional groups attached to an aromatic ring is 1. The molecule has 1 heterocycles. The van der Waals surface area contributed by atoms with Crippen LogP contribution in [0.15, 0.2) is 15.3 Å². The summed E-state index contributed by atoms with van der Waals surface area (Å²) < 4.78 is 0.304. The first-order chi connectivity index (χ1) is 7.00. The van der Waals surface area contributed by atoms with Gasteiger partial charge in [-0.25, -0.2) is 4.79 Å². The first-order valence-electron chi connectivity index (χ1n) is 3.87. The Balaban J connectivity index is 3.05. The van der Waals surface area contributed by atoms with Gasteiger partial charge in [0, 0.05) is 5.39 Å². The summed E-state index contributed by atoms with van der Waals surface area (Å²) in [5.41, 5.74) is 5.12. The van der Waals surface area contributed by atoms with Crippen molar-refractivity contribution in [3.8, 4) is 5.75 Å². The number of benzene rings is 1. The average Bonchev–Trinajstić information content (AvgIpc) is 2.17. The van der Waals surface area contributed by atoms with Crippen molar-refractivity contribution < 1.29 is 5.11 Å². The number of hydrogen-bond acceptors (Lipinski definition) is 4. The number of halogens is 2. The smallest absolute Gasteiger partial charge is 0.347 e. The largest absolute Gasteiger partial charge is 0.505 e. The van der Waals surface area contributed by atoms with E-state index in [1.807, 2.05) is 0 Å². The van der Waals surface area contributed by atoms with Crippen molar-refractivity contribution in [2.24, 2.45) is 0 Å². The minimum Gasteiger partial charge on any atom is -0.505 e. The number of aromatic nitrogens is 2. The standard InChI is InChI=1S/C8H5BrClN3O2/c9-4-3(10)1-2-5(6(4)14)12-8(15)13-7(2)11/h1,14H,(H3,11,12,13,15). The van der Waals surface area contributed by atoms with E-state index in [0.717, 1.165) is 0 Å². The molecule has 4 N–H and O–H groups in total. The molecule has 5 nitrogen and oxygen atoms in total. The lowest BCUT2D eigenvalue weighted by molar-refractivity contribution is 0.477. The Morgan fingerprint density at radius 3 is 2.93 bits per heavy atom.